The van der Waals surface area contributed by atoms with Crippen molar-refractivity contribution in [1.82, 2.24) is 15.0 Å². The summed E-state index contributed by atoms with van der Waals surface area (Å²) in [5.74, 6) is -0.494. The standard InChI is InChI=1S/C8H5ClFN3/c9-8-12-4-5(10)7(13-8)6-2-1-3-11-6/h1-4,11H. The third-order valence-electron chi connectivity index (χ3n) is 1.57. The maximum Gasteiger partial charge on any atom is 0.223 e. The lowest BCUT2D eigenvalue weighted by Crippen LogP contribution is -1.92. The third-order valence-corrected chi connectivity index (χ3v) is 1.75. The Balaban J connectivity index is 2.57. The predicted molar refractivity (Wildman–Crippen MR) is 46.8 cm³/mol. The van der Waals surface area contributed by atoms with Crippen molar-refractivity contribution in [2.75, 3.05) is 0 Å². The number of H-pyrrole nitrogens is 1. The molecule has 0 amide bonds. The summed E-state index contributed by atoms with van der Waals surface area (Å²) < 4.78 is 13.1. The van der Waals surface area contributed by atoms with Crippen LogP contribution in [0.2, 0.25) is 5.28 Å². The van der Waals surface area contributed by atoms with Gasteiger partial charge in [-0.05, 0) is 23.7 Å². The van der Waals surface area contributed by atoms with Crippen molar-refractivity contribution in [3.05, 3.63) is 35.6 Å². The first-order valence-corrected chi connectivity index (χ1v) is 3.97. The SMILES string of the molecule is Fc1cnc(Cl)nc1-c1ccc[nH]1. The van der Waals surface area contributed by atoms with Crippen LogP contribution in [0.5, 0.6) is 0 Å². The van der Waals surface area contributed by atoms with E-state index in [1.807, 2.05) is 0 Å². The second kappa shape index (κ2) is 3.14. The normalized spacial score (nSPS) is 10.3. The quantitative estimate of drug-likeness (QED) is 0.713. The molecule has 0 aliphatic rings. The molecule has 2 aromatic rings. The summed E-state index contributed by atoms with van der Waals surface area (Å²) in [4.78, 5) is 10.1. The fraction of sp³-hybridized carbons (Fsp3) is 0. The largest absolute Gasteiger partial charge is 0.360 e. The van der Waals surface area contributed by atoms with Crippen molar-refractivity contribution in [3.63, 3.8) is 0 Å². The Morgan fingerprint density at radius 2 is 2.31 bits per heavy atom. The number of hydrogen-bond acceptors (Lipinski definition) is 2. The van der Waals surface area contributed by atoms with Gasteiger partial charge in [-0.2, -0.15) is 0 Å². The van der Waals surface area contributed by atoms with E-state index in [1.165, 1.54) is 0 Å². The average Bonchev–Trinajstić information content (AvgIpc) is 2.61. The van der Waals surface area contributed by atoms with E-state index < -0.39 is 5.82 Å². The molecule has 0 bridgehead atoms. The van der Waals surface area contributed by atoms with Crippen molar-refractivity contribution in [2.24, 2.45) is 0 Å². The smallest absolute Gasteiger partial charge is 0.223 e. The zero-order chi connectivity index (χ0) is 9.26. The highest BCUT2D eigenvalue weighted by atomic mass is 35.5. The third kappa shape index (κ3) is 1.53. The van der Waals surface area contributed by atoms with Gasteiger partial charge >= 0.3 is 0 Å². The highest BCUT2D eigenvalue weighted by molar-refractivity contribution is 6.28. The molecule has 2 rings (SSSR count). The molecular formula is C8H5ClFN3. The first kappa shape index (κ1) is 8.19. The Morgan fingerprint density at radius 1 is 1.46 bits per heavy atom. The van der Waals surface area contributed by atoms with Crippen LogP contribution >= 0.6 is 11.6 Å². The predicted octanol–water partition coefficient (Wildman–Crippen LogP) is 2.26. The Morgan fingerprint density at radius 3 is 3.00 bits per heavy atom. The fourth-order valence-electron chi connectivity index (χ4n) is 1.01. The maximum absolute atomic E-state index is 13.1. The lowest BCUT2D eigenvalue weighted by atomic mass is 10.3. The van der Waals surface area contributed by atoms with E-state index in [0.29, 0.717) is 5.69 Å². The van der Waals surface area contributed by atoms with E-state index in [9.17, 15) is 4.39 Å². The van der Waals surface area contributed by atoms with Gasteiger partial charge in [0.25, 0.3) is 0 Å². The minimum Gasteiger partial charge on any atom is -0.360 e. The highest BCUT2D eigenvalue weighted by Crippen LogP contribution is 2.18. The van der Waals surface area contributed by atoms with Gasteiger partial charge in [-0.15, -0.1) is 0 Å². The van der Waals surface area contributed by atoms with Crippen molar-refractivity contribution in [2.45, 2.75) is 0 Å². The summed E-state index contributed by atoms with van der Waals surface area (Å²) in [6, 6.07) is 3.46. The number of rotatable bonds is 1. The number of halogens is 2. The van der Waals surface area contributed by atoms with Crippen LogP contribution in [0.15, 0.2) is 24.5 Å². The van der Waals surface area contributed by atoms with E-state index >= 15 is 0 Å². The van der Waals surface area contributed by atoms with Gasteiger partial charge < -0.3 is 4.98 Å². The van der Waals surface area contributed by atoms with Crippen LogP contribution in [0.1, 0.15) is 0 Å². The summed E-state index contributed by atoms with van der Waals surface area (Å²) >= 11 is 5.53. The molecule has 0 atom stereocenters. The number of hydrogen-bond donors (Lipinski definition) is 1. The lowest BCUT2D eigenvalue weighted by molar-refractivity contribution is 0.617. The van der Waals surface area contributed by atoms with Crippen molar-refractivity contribution in [3.8, 4) is 11.4 Å². The van der Waals surface area contributed by atoms with Gasteiger partial charge in [0.15, 0.2) is 5.82 Å². The molecule has 5 heteroatoms. The summed E-state index contributed by atoms with van der Waals surface area (Å²) in [5, 5.41) is 0.0333. The fourth-order valence-corrected chi connectivity index (χ4v) is 1.15. The van der Waals surface area contributed by atoms with Crippen LogP contribution in [0.4, 0.5) is 4.39 Å². The molecule has 0 spiro atoms. The lowest BCUT2D eigenvalue weighted by Gasteiger charge is -1.98. The van der Waals surface area contributed by atoms with Gasteiger partial charge in [0.2, 0.25) is 5.28 Å². The van der Waals surface area contributed by atoms with Crippen LogP contribution in [0, 0.1) is 5.82 Å². The Hall–Kier alpha value is -1.42. The molecule has 13 heavy (non-hydrogen) atoms. The van der Waals surface area contributed by atoms with Crippen LogP contribution in [0.25, 0.3) is 11.4 Å². The molecule has 0 aliphatic carbocycles. The van der Waals surface area contributed by atoms with E-state index in [-0.39, 0.29) is 11.0 Å². The first-order valence-electron chi connectivity index (χ1n) is 3.59. The molecule has 0 saturated heterocycles. The monoisotopic (exact) mass is 197 g/mol. The Kier molecular flexibility index (Phi) is 1.98. The van der Waals surface area contributed by atoms with Gasteiger partial charge in [-0.3, -0.25) is 0 Å². The second-order valence-corrected chi connectivity index (χ2v) is 2.76. The summed E-state index contributed by atoms with van der Waals surface area (Å²) in [6.45, 7) is 0. The van der Waals surface area contributed by atoms with Crippen LogP contribution in [-0.2, 0) is 0 Å². The Labute approximate surface area is 78.6 Å². The van der Waals surface area contributed by atoms with Crippen LogP contribution in [-0.4, -0.2) is 15.0 Å². The van der Waals surface area contributed by atoms with E-state index in [4.69, 9.17) is 11.6 Å². The molecule has 2 heterocycles. The van der Waals surface area contributed by atoms with E-state index in [2.05, 4.69) is 15.0 Å². The molecule has 0 radical (unpaired) electrons. The van der Waals surface area contributed by atoms with Crippen molar-refractivity contribution >= 4 is 11.6 Å². The van der Waals surface area contributed by atoms with Gasteiger partial charge in [0.1, 0.15) is 5.69 Å². The zero-order valence-corrected chi connectivity index (χ0v) is 7.22. The van der Waals surface area contributed by atoms with Gasteiger partial charge in [0.05, 0.1) is 11.9 Å². The van der Waals surface area contributed by atoms with Crippen LogP contribution in [0.3, 0.4) is 0 Å². The van der Waals surface area contributed by atoms with E-state index in [0.717, 1.165) is 6.20 Å². The molecule has 0 unspecified atom stereocenters. The van der Waals surface area contributed by atoms with Crippen molar-refractivity contribution < 1.29 is 4.39 Å². The number of aromatic nitrogens is 3. The minimum absolute atomic E-state index is 0.0333. The van der Waals surface area contributed by atoms with Crippen molar-refractivity contribution in [1.29, 1.82) is 0 Å². The molecule has 2 aromatic heterocycles. The summed E-state index contributed by atoms with van der Waals surface area (Å²) in [7, 11) is 0. The maximum atomic E-state index is 13.1. The second-order valence-electron chi connectivity index (χ2n) is 2.42. The summed E-state index contributed by atoms with van der Waals surface area (Å²) in [5.41, 5.74) is 0.770. The minimum atomic E-state index is -0.494. The molecular weight excluding hydrogens is 193 g/mol. The molecule has 1 N–H and O–H groups in total. The first-order chi connectivity index (χ1) is 6.27. The van der Waals surface area contributed by atoms with Gasteiger partial charge in [-0.25, -0.2) is 14.4 Å². The number of nitrogens with zero attached hydrogens (tertiary/aromatic N) is 2. The Bertz CT molecular complexity index is 413. The number of aromatic amines is 1. The number of nitrogens with one attached hydrogen (secondary N) is 1. The molecule has 0 fully saturated rings. The highest BCUT2D eigenvalue weighted by Gasteiger charge is 2.08. The molecule has 0 aromatic carbocycles. The average molecular weight is 198 g/mol. The zero-order valence-electron chi connectivity index (χ0n) is 6.46. The molecule has 0 saturated carbocycles. The van der Waals surface area contributed by atoms with Crippen LogP contribution < -0.4 is 0 Å². The molecule has 66 valence electrons. The molecule has 3 nitrogen and oxygen atoms in total. The van der Waals surface area contributed by atoms with Gasteiger partial charge in [-0.1, -0.05) is 0 Å². The topological polar surface area (TPSA) is 41.6 Å². The summed E-state index contributed by atoms with van der Waals surface area (Å²) in [6.07, 6.45) is 2.73. The van der Waals surface area contributed by atoms with Gasteiger partial charge in [0, 0.05) is 6.20 Å². The van der Waals surface area contributed by atoms with E-state index in [1.54, 1.807) is 18.3 Å². The molecule has 0 aliphatic heterocycles.